The molecule has 2 heterocycles. The minimum Gasteiger partial charge on any atom is -0.397 e. The molecule has 76 valence electrons. The smallest absolute Gasteiger partial charge is 0.128 e. The zero-order valence-corrected chi connectivity index (χ0v) is 9.91. The van der Waals surface area contributed by atoms with Crippen LogP contribution in [0, 0.1) is 11.3 Å². The first-order chi connectivity index (χ1) is 7.26. The lowest BCUT2D eigenvalue weighted by Gasteiger charge is -1.95. The van der Waals surface area contributed by atoms with Crippen LogP contribution >= 0.6 is 22.7 Å². The number of anilines is 1. The Bertz CT molecular complexity index is 517. The van der Waals surface area contributed by atoms with Gasteiger partial charge in [0.15, 0.2) is 0 Å². The first kappa shape index (κ1) is 10.2. The summed E-state index contributed by atoms with van der Waals surface area (Å²) in [5.41, 5.74) is 7.66. The molecule has 0 bridgehead atoms. The molecule has 15 heavy (non-hydrogen) atoms. The van der Waals surface area contributed by atoms with Gasteiger partial charge in [-0.1, -0.05) is 6.92 Å². The van der Waals surface area contributed by atoms with E-state index >= 15 is 0 Å². The van der Waals surface area contributed by atoms with Crippen molar-refractivity contribution in [1.29, 1.82) is 5.26 Å². The van der Waals surface area contributed by atoms with E-state index in [1.54, 1.807) is 11.3 Å². The van der Waals surface area contributed by atoms with Gasteiger partial charge in [0.1, 0.15) is 10.9 Å². The Kier molecular flexibility index (Phi) is 2.76. The lowest BCUT2D eigenvalue weighted by atomic mass is 10.2. The zero-order valence-electron chi connectivity index (χ0n) is 8.28. The van der Waals surface area contributed by atoms with Gasteiger partial charge in [0.05, 0.1) is 5.69 Å². The van der Waals surface area contributed by atoms with Crippen LogP contribution in [0.25, 0.3) is 9.75 Å². The van der Waals surface area contributed by atoms with Crippen LogP contribution in [0.4, 0.5) is 5.69 Å². The van der Waals surface area contributed by atoms with Gasteiger partial charge in [0, 0.05) is 9.75 Å². The third-order valence-electron chi connectivity index (χ3n) is 2.21. The van der Waals surface area contributed by atoms with Crippen LogP contribution < -0.4 is 5.73 Å². The predicted molar refractivity (Wildman–Crippen MR) is 66.1 cm³/mol. The molecular formula is C11H10N2S2. The molecule has 2 aromatic rings. The summed E-state index contributed by atoms with van der Waals surface area (Å²) >= 11 is 3.18. The SMILES string of the molecule is CCc1ccsc1-c1cc(N)c(C#N)s1. The molecule has 0 aliphatic carbocycles. The van der Waals surface area contributed by atoms with Crippen LogP contribution in [0.5, 0.6) is 0 Å². The molecule has 2 aromatic heterocycles. The van der Waals surface area contributed by atoms with Crippen molar-refractivity contribution in [3.05, 3.63) is 28.0 Å². The van der Waals surface area contributed by atoms with Gasteiger partial charge in [-0.2, -0.15) is 5.26 Å². The first-order valence-electron chi connectivity index (χ1n) is 4.62. The second kappa shape index (κ2) is 4.05. The number of aryl methyl sites for hydroxylation is 1. The van der Waals surface area contributed by atoms with Gasteiger partial charge in [-0.3, -0.25) is 0 Å². The van der Waals surface area contributed by atoms with Crippen molar-refractivity contribution in [1.82, 2.24) is 0 Å². The number of hydrogen-bond acceptors (Lipinski definition) is 4. The van der Waals surface area contributed by atoms with Gasteiger partial charge in [0.25, 0.3) is 0 Å². The fourth-order valence-electron chi connectivity index (χ4n) is 1.43. The Balaban J connectivity index is 2.51. The second-order valence-electron chi connectivity index (χ2n) is 3.14. The number of rotatable bonds is 2. The Morgan fingerprint density at radius 1 is 1.53 bits per heavy atom. The van der Waals surface area contributed by atoms with Crippen molar-refractivity contribution >= 4 is 28.4 Å². The highest BCUT2D eigenvalue weighted by Gasteiger charge is 2.11. The van der Waals surface area contributed by atoms with E-state index in [4.69, 9.17) is 11.0 Å². The number of nitrogens with two attached hydrogens (primary N) is 1. The average Bonchev–Trinajstić information content (AvgIpc) is 2.82. The molecule has 0 spiro atoms. The maximum absolute atomic E-state index is 8.84. The summed E-state index contributed by atoms with van der Waals surface area (Å²) in [5.74, 6) is 0. The molecule has 0 saturated carbocycles. The minimum absolute atomic E-state index is 0.591. The number of nitriles is 1. The summed E-state index contributed by atoms with van der Waals surface area (Å²) in [6.07, 6.45) is 1.01. The van der Waals surface area contributed by atoms with E-state index in [1.807, 2.05) is 6.07 Å². The van der Waals surface area contributed by atoms with E-state index in [9.17, 15) is 0 Å². The molecule has 2 N–H and O–H groups in total. The van der Waals surface area contributed by atoms with Gasteiger partial charge in [-0.05, 0) is 29.5 Å². The molecule has 4 heteroatoms. The zero-order chi connectivity index (χ0) is 10.8. The van der Waals surface area contributed by atoms with Crippen LogP contribution in [-0.4, -0.2) is 0 Å². The molecule has 0 atom stereocenters. The Morgan fingerprint density at radius 3 is 2.93 bits per heavy atom. The highest BCUT2D eigenvalue weighted by Crippen LogP contribution is 2.37. The van der Waals surface area contributed by atoms with E-state index in [1.165, 1.54) is 21.8 Å². The molecule has 0 amide bonds. The van der Waals surface area contributed by atoms with Crippen molar-refractivity contribution in [2.24, 2.45) is 0 Å². The predicted octanol–water partition coefficient (Wildman–Crippen LogP) is 3.49. The fraction of sp³-hybridized carbons (Fsp3) is 0.182. The van der Waals surface area contributed by atoms with Gasteiger partial charge in [-0.25, -0.2) is 0 Å². The summed E-state index contributed by atoms with van der Waals surface area (Å²) in [6, 6.07) is 6.14. The Hall–Kier alpha value is -1.31. The van der Waals surface area contributed by atoms with E-state index in [0.29, 0.717) is 10.6 Å². The highest BCUT2D eigenvalue weighted by molar-refractivity contribution is 7.22. The topological polar surface area (TPSA) is 49.8 Å². The molecular weight excluding hydrogens is 224 g/mol. The lowest BCUT2D eigenvalue weighted by molar-refractivity contribution is 1.16. The van der Waals surface area contributed by atoms with Crippen LogP contribution in [-0.2, 0) is 6.42 Å². The number of nitrogen functional groups attached to an aromatic ring is 1. The van der Waals surface area contributed by atoms with E-state index in [-0.39, 0.29) is 0 Å². The van der Waals surface area contributed by atoms with Crippen molar-refractivity contribution in [3.63, 3.8) is 0 Å². The van der Waals surface area contributed by atoms with Crippen molar-refractivity contribution in [3.8, 4) is 15.8 Å². The normalized spacial score (nSPS) is 10.1. The standard InChI is InChI=1S/C11H10N2S2/c1-2-7-3-4-14-11(7)9-5-8(13)10(6-12)15-9/h3-5H,2,13H2,1H3. The molecule has 0 radical (unpaired) electrons. The number of thiophene rings is 2. The second-order valence-corrected chi connectivity index (χ2v) is 5.10. The van der Waals surface area contributed by atoms with Gasteiger partial charge >= 0.3 is 0 Å². The lowest BCUT2D eigenvalue weighted by Crippen LogP contribution is -1.81. The largest absolute Gasteiger partial charge is 0.397 e. The van der Waals surface area contributed by atoms with Crippen molar-refractivity contribution in [2.75, 3.05) is 5.73 Å². The van der Waals surface area contributed by atoms with Gasteiger partial charge in [0.2, 0.25) is 0 Å². The Labute approximate surface area is 96.6 Å². The van der Waals surface area contributed by atoms with E-state index in [2.05, 4.69) is 24.4 Å². The number of hydrogen-bond donors (Lipinski definition) is 1. The van der Waals surface area contributed by atoms with Crippen LogP contribution in [0.2, 0.25) is 0 Å². The minimum atomic E-state index is 0.591. The summed E-state index contributed by atoms with van der Waals surface area (Å²) in [6.45, 7) is 2.13. The maximum atomic E-state index is 8.84. The molecule has 0 fully saturated rings. The highest BCUT2D eigenvalue weighted by atomic mass is 32.1. The summed E-state index contributed by atoms with van der Waals surface area (Å²) in [4.78, 5) is 2.96. The third-order valence-corrected chi connectivity index (χ3v) is 4.41. The molecule has 0 aromatic carbocycles. The molecule has 2 rings (SSSR count). The summed E-state index contributed by atoms with van der Waals surface area (Å²) < 4.78 is 0. The Morgan fingerprint density at radius 2 is 2.33 bits per heavy atom. The van der Waals surface area contributed by atoms with E-state index in [0.717, 1.165) is 11.3 Å². The molecule has 0 aliphatic rings. The van der Waals surface area contributed by atoms with Crippen LogP contribution in [0.1, 0.15) is 17.4 Å². The molecule has 0 aliphatic heterocycles. The van der Waals surface area contributed by atoms with Crippen LogP contribution in [0.15, 0.2) is 17.5 Å². The maximum Gasteiger partial charge on any atom is 0.128 e. The fourth-order valence-corrected chi connectivity index (χ4v) is 3.46. The summed E-state index contributed by atoms with van der Waals surface area (Å²) in [7, 11) is 0. The summed E-state index contributed by atoms with van der Waals surface area (Å²) in [5, 5.41) is 10.9. The van der Waals surface area contributed by atoms with Gasteiger partial charge in [-0.15, -0.1) is 22.7 Å². The molecule has 2 nitrogen and oxygen atoms in total. The molecule has 0 saturated heterocycles. The monoisotopic (exact) mass is 234 g/mol. The first-order valence-corrected chi connectivity index (χ1v) is 6.32. The quantitative estimate of drug-likeness (QED) is 0.864. The van der Waals surface area contributed by atoms with Crippen molar-refractivity contribution in [2.45, 2.75) is 13.3 Å². The number of nitrogens with zero attached hydrogens (tertiary/aromatic N) is 1. The van der Waals surface area contributed by atoms with Crippen LogP contribution in [0.3, 0.4) is 0 Å². The van der Waals surface area contributed by atoms with E-state index < -0.39 is 0 Å². The average molecular weight is 234 g/mol. The van der Waals surface area contributed by atoms with Gasteiger partial charge < -0.3 is 5.73 Å². The third kappa shape index (κ3) is 1.76. The molecule has 0 unspecified atom stereocenters. The van der Waals surface area contributed by atoms with Crippen molar-refractivity contribution < 1.29 is 0 Å².